The van der Waals surface area contributed by atoms with E-state index in [-0.39, 0.29) is 16.3 Å². The van der Waals surface area contributed by atoms with E-state index in [4.69, 9.17) is 23.2 Å². The van der Waals surface area contributed by atoms with E-state index in [2.05, 4.69) is 0 Å². The Morgan fingerprint density at radius 1 is 1.50 bits per heavy atom. The Labute approximate surface area is 79.7 Å². The summed E-state index contributed by atoms with van der Waals surface area (Å²) < 4.78 is 0. The number of benzene rings is 1. The molecule has 0 aliphatic rings. The third-order valence-electron chi connectivity index (χ3n) is 1.53. The molecule has 1 rings (SSSR count). The number of carbonyl (C=O) groups is 1. The van der Waals surface area contributed by atoms with Crippen LogP contribution < -0.4 is 0 Å². The molecule has 0 saturated heterocycles. The fraction of sp³-hybridized carbons (Fsp3) is 0.125. The molecule has 0 heterocycles. The third kappa shape index (κ3) is 1.54. The highest BCUT2D eigenvalue weighted by Gasteiger charge is 2.12. The van der Waals surface area contributed by atoms with Gasteiger partial charge in [-0.2, -0.15) is 0 Å². The number of carbonyl (C=O) groups excluding carboxylic acids is 1. The van der Waals surface area contributed by atoms with Crippen molar-refractivity contribution < 1.29 is 9.90 Å². The quantitative estimate of drug-likeness (QED) is 0.715. The van der Waals surface area contributed by atoms with Gasteiger partial charge in [0.25, 0.3) is 5.24 Å². The molecule has 1 aromatic rings. The van der Waals surface area contributed by atoms with Gasteiger partial charge in [0.1, 0.15) is 5.75 Å². The molecule has 0 unspecified atom stereocenters. The molecule has 1 aromatic carbocycles. The van der Waals surface area contributed by atoms with E-state index in [1.807, 2.05) is 0 Å². The molecule has 2 nitrogen and oxygen atoms in total. The fourth-order valence-corrected chi connectivity index (χ4v) is 1.32. The number of hydrogen-bond acceptors (Lipinski definition) is 2. The molecule has 1 N–H and O–H groups in total. The lowest BCUT2D eigenvalue weighted by Crippen LogP contribution is -1.91. The minimum absolute atomic E-state index is 0.00926. The summed E-state index contributed by atoms with van der Waals surface area (Å²) >= 11 is 10.8. The number of phenolic OH excluding ortho intramolecular Hbond substituents is 1. The molecule has 0 spiro atoms. The van der Waals surface area contributed by atoms with Gasteiger partial charge in [-0.1, -0.05) is 17.7 Å². The van der Waals surface area contributed by atoms with E-state index in [0.717, 1.165) is 0 Å². The average molecular weight is 205 g/mol. The molecule has 0 radical (unpaired) electrons. The Bertz CT molecular complexity index is 334. The van der Waals surface area contributed by atoms with Crippen LogP contribution >= 0.6 is 23.2 Å². The van der Waals surface area contributed by atoms with Crippen LogP contribution in [0, 0.1) is 6.92 Å². The van der Waals surface area contributed by atoms with Gasteiger partial charge < -0.3 is 5.11 Å². The minimum atomic E-state index is -0.671. The van der Waals surface area contributed by atoms with E-state index >= 15 is 0 Å². The zero-order valence-electron chi connectivity index (χ0n) is 6.27. The van der Waals surface area contributed by atoms with E-state index < -0.39 is 5.24 Å². The third-order valence-corrected chi connectivity index (χ3v) is 2.12. The standard InChI is InChI=1S/C8H6Cl2O2/c1-4-2-3-5(8(10)12)6(9)7(4)11/h2-3,11H,1H3. The predicted octanol–water partition coefficient (Wildman–Crippen LogP) is 2.73. The first-order valence-corrected chi connectivity index (χ1v) is 3.97. The first kappa shape index (κ1) is 9.36. The van der Waals surface area contributed by atoms with Crippen molar-refractivity contribution in [3.63, 3.8) is 0 Å². The molecule has 0 fully saturated rings. The molecule has 0 aliphatic carbocycles. The summed E-state index contributed by atoms with van der Waals surface area (Å²) in [7, 11) is 0. The number of aryl methyl sites for hydroxylation is 1. The van der Waals surface area contributed by atoms with Crippen molar-refractivity contribution in [3.8, 4) is 5.75 Å². The van der Waals surface area contributed by atoms with Gasteiger partial charge in [-0.3, -0.25) is 4.79 Å². The summed E-state index contributed by atoms with van der Waals surface area (Å²) in [6, 6.07) is 3.06. The van der Waals surface area contributed by atoms with Gasteiger partial charge in [-0.05, 0) is 30.2 Å². The molecule has 0 aromatic heterocycles. The van der Waals surface area contributed by atoms with Crippen LogP contribution in [-0.4, -0.2) is 10.3 Å². The summed E-state index contributed by atoms with van der Waals surface area (Å²) in [4.78, 5) is 10.7. The smallest absolute Gasteiger partial charge is 0.254 e. The van der Waals surface area contributed by atoms with Crippen LogP contribution in [0.4, 0.5) is 0 Å². The van der Waals surface area contributed by atoms with Crippen LogP contribution in [0.3, 0.4) is 0 Å². The topological polar surface area (TPSA) is 37.3 Å². The predicted molar refractivity (Wildman–Crippen MR) is 48.0 cm³/mol. The lowest BCUT2D eigenvalue weighted by Gasteiger charge is -2.03. The molecule has 12 heavy (non-hydrogen) atoms. The highest BCUT2D eigenvalue weighted by atomic mass is 35.5. The maximum absolute atomic E-state index is 10.7. The van der Waals surface area contributed by atoms with E-state index in [1.54, 1.807) is 13.0 Å². The lowest BCUT2D eigenvalue weighted by atomic mass is 10.1. The Hall–Kier alpha value is -0.730. The zero-order valence-corrected chi connectivity index (χ0v) is 7.78. The van der Waals surface area contributed by atoms with Gasteiger partial charge in [-0.25, -0.2) is 0 Å². The fourth-order valence-electron chi connectivity index (χ4n) is 0.813. The highest BCUT2D eigenvalue weighted by Crippen LogP contribution is 2.31. The van der Waals surface area contributed by atoms with E-state index in [0.29, 0.717) is 5.56 Å². The molecule has 0 amide bonds. The number of rotatable bonds is 1. The number of halogens is 2. The van der Waals surface area contributed by atoms with Crippen LogP contribution in [0.5, 0.6) is 5.75 Å². The highest BCUT2D eigenvalue weighted by molar-refractivity contribution is 6.68. The largest absolute Gasteiger partial charge is 0.506 e. The van der Waals surface area contributed by atoms with Crippen molar-refractivity contribution in [1.29, 1.82) is 0 Å². The van der Waals surface area contributed by atoms with Crippen molar-refractivity contribution in [1.82, 2.24) is 0 Å². The summed E-state index contributed by atoms with van der Waals surface area (Å²) in [5.41, 5.74) is 0.739. The summed E-state index contributed by atoms with van der Waals surface area (Å²) in [6.45, 7) is 1.68. The lowest BCUT2D eigenvalue weighted by molar-refractivity contribution is 0.108. The molecule has 0 atom stereocenters. The number of hydrogen-bond donors (Lipinski definition) is 1. The Morgan fingerprint density at radius 2 is 2.08 bits per heavy atom. The summed E-state index contributed by atoms with van der Waals surface area (Å²) in [5, 5.41) is 8.63. The number of phenols is 1. The van der Waals surface area contributed by atoms with Crippen molar-refractivity contribution in [2.45, 2.75) is 6.92 Å². The zero-order chi connectivity index (χ0) is 9.30. The molecule has 4 heteroatoms. The van der Waals surface area contributed by atoms with Crippen molar-refractivity contribution in [2.75, 3.05) is 0 Å². The van der Waals surface area contributed by atoms with Crippen LogP contribution in [0.2, 0.25) is 5.02 Å². The molecular formula is C8H6Cl2O2. The second kappa shape index (κ2) is 3.33. The normalized spacial score (nSPS) is 9.92. The minimum Gasteiger partial charge on any atom is -0.506 e. The maximum Gasteiger partial charge on any atom is 0.254 e. The van der Waals surface area contributed by atoms with Gasteiger partial charge >= 0.3 is 0 Å². The van der Waals surface area contributed by atoms with Crippen molar-refractivity contribution >= 4 is 28.4 Å². The van der Waals surface area contributed by atoms with Crippen LogP contribution in [0.1, 0.15) is 15.9 Å². The molecule has 0 aliphatic heterocycles. The number of aromatic hydroxyl groups is 1. The molecular weight excluding hydrogens is 199 g/mol. The SMILES string of the molecule is Cc1ccc(C(=O)Cl)c(Cl)c1O. The monoisotopic (exact) mass is 204 g/mol. The molecule has 64 valence electrons. The summed E-state index contributed by atoms with van der Waals surface area (Å²) in [5.74, 6) is -0.0943. The molecule has 0 bridgehead atoms. The Balaban J connectivity index is 3.36. The maximum atomic E-state index is 10.7. The summed E-state index contributed by atoms with van der Waals surface area (Å²) in [6.07, 6.45) is 0. The van der Waals surface area contributed by atoms with Gasteiger partial charge in [0.15, 0.2) is 0 Å². The second-order valence-electron chi connectivity index (χ2n) is 2.37. The van der Waals surface area contributed by atoms with Gasteiger partial charge in [-0.15, -0.1) is 0 Å². The first-order chi connectivity index (χ1) is 5.54. The van der Waals surface area contributed by atoms with Gasteiger partial charge in [0.05, 0.1) is 10.6 Å². The van der Waals surface area contributed by atoms with Gasteiger partial charge in [0.2, 0.25) is 0 Å². The average Bonchev–Trinajstić information content (AvgIpc) is 2.00. The van der Waals surface area contributed by atoms with Crippen LogP contribution in [0.25, 0.3) is 0 Å². The first-order valence-electron chi connectivity index (χ1n) is 3.22. The van der Waals surface area contributed by atoms with Crippen LogP contribution in [0.15, 0.2) is 12.1 Å². The van der Waals surface area contributed by atoms with Crippen LogP contribution in [-0.2, 0) is 0 Å². The second-order valence-corrected chi connectivity index (χ2v) is 3.09. The Kier molecular flexibility index (Phi) is 2.60. The van der Waals surface area contributed by atoms with E-state index in [9.17, 15) is 9.90 Å². The Morgan fingerprint density at radius 3 is 2.58 bits per heavy atom. The van der Waals surface area contributed by atoms with Crippen molar-refractivity contribution in [3.05, 3.63) is 28.3 Å². The molecule has 0 saturated carbocycles. The van der Waals surface area contributed by atoms with Gasteiger partial charge in [0, 0.05) is 0 Å². The van der Waals surface area contributed by atoms with E-state index in [1.165, 1.54) is 6.07 Å². The van der Waals surface area contributed by atoms with Crippen molar-refractivity contribution in [2.24, 2.45) is 0 Å².